The third kappa shape index (κ3) is 2.47. The van der Waals surface area contributed by atoms with Gasteiger partial charge >= 0.3 is 0 Å². The molecule has 0 spiro atoms. The van der Waals surface area contributed by atoms with E-state index in [1.165, 1.54) is 27.6 Å². The zero-order valence-corrected chi connectivity index (χ0v) is 12.1. The molecule has 1 heterocycles. The van der Waals surface area contributed by atoms with Crippen LogP contribution in [0.2, 0.25) is 0 Å². The summed E-state index contributed by atoms with van der Waals surface area (Å²) in [5.74, 6) is 0. The van der Waals surface area contributed by atoms with E-state index in [4.69, 9.17) is 0 Å². The molecule has 3 aromatic rings. The predicted molar refractivity (Wildman–Crippen MR) is 85.0 cm³/mol. The fourth-order valence-corrected chi connectivity index (χ4v) is 2.70. The number of nitrogens with zero attached hydrogens (tertiary/aromatic N) is 1. The number of para-hydroxylation sites is 1. The maximum atomic E-state index is 3.25. The summed E-state index contributed by atoms with van der Waals surface area (Å²) in [5, 5.41) is 4.56. The molecule has 0 radical (unpaired) electrons. The van der Waals surface area contributed by atoms with Crippen molar-refractivity contribution < 1.29 is 0 Å². The molecule has 0 unspecified atom stereocenters. The maximum absolute atomic E-state index is 3.25. The smallest absolute Gasteiger partial charge is 0.0529 e. The van der Waals surface area contributed by atoms with Crippen LogP contribution < -0.4 is 5.32 Å². The number of aryl methyl sites for hydroxylation is 1. The largest absolute Gasteiger partial charge is 0.343 e. The van der Waals surface area contributed by atoms with Crippen LogP contribution in [0.4, 0.5) is 0 Å². The number of hydrogen-bond donors (Lipinski definition) is 1. The Kier molecular flexibility index (Phi) is 3.57. The lowest BCUT2D eigenvalue weighted by atomic mass is 10.1. The Balaban J connectivity index is 2.00. The second-order valence-electron chi connectivity index (χ2n) is 5.31. The summed E-state index contributed by atoms with van der Waals surface area (Å²) < 4.78 is 2.34. The van der Waals surface area contributed by atoms with Crippen molar-refractivity contribution in [1.29, 1.82) is 0 Å². The van der Waals surface area contributed by atoms with Crippen LogP contribution in [0.25, 0.3) is 10.9 Å². The van der Waals surface area contributed by atoms with Gasteiger partial charge in [-0.15, -0.1) is 0 Å². The van der Waals surface area contributed by atoms with Crippen molar-refractivity contribution in [3.63, 3.8) is 0 Å². The number of hydrogen-bond acceptors (Lipinski definition) is 1. The van der Waals surface area contributed by atoms with Gasteiger partial charge in [-0.25, -0.2) is 0 Å². The minimum Gasteiger partial charge on any atom is -0.343 e. The summed E-state index contributed by atoms with van der Waals surface area (Å²) in [7, 11) is 1.99. The lowest BCUT2D eigenvalue weighted by Gasteiger charge is -2.10. The lowest BCUT2D eigenvalue weighted by molar-refractivity contribution is 0.796. The maximum Gasteiger partial charge on any atom is 0.0529 e. The minimum absolute atomic E-state index is 0.898. The van der Waals surface area contributed by atoms with Gasteiger partial charge in [-0.1, -0.05) is 48.0 Å². The first kappa shape index (κ1) is 12.9. The number of aromatic nitrogens is 1. The molecular weight excluding hydrogens is 244 g/mol. The summed E-state index contributed by atoms with van der Waals surface area (Å²) in [4.78, 5) is 0. The monoisotopic (exact) mass is 264 g/mol. The van der Waals surface area contributed by atoms with Gasteiger partial charge in [0.05, 0.1) is 5.52 Å². The van der Waals surface area contributed by atoms with E-state index in [0.29, 0.717) is 0 Å². The zero-order valence-electron chi connectivity index (χ0n) is 12.1. The third-order valence-corrected chi connectivity index (χ3v) is 3.71. The normalized spacial score (nSPS) is 11.1. The number of benzene rings is 2. The first-order chi connectivity index (χ1) is 9.78. The Morgan fingerprint density at radius 3 is 2.55 bits per heavy atom. The van der Waals surface area contributed by atoms with E-state index in [-0.39, 0.29) is 0 Å². The first-order valence-electron chi connectivity index (χ1n) is 7.05. The van der Waals surface area contributed by atoms with Crippen LogP contribution in [0, 0.1) is 6.92 Å². The second kappa shape index (κ2) is 5.51. The van der Waals surface area contributed by atoms with Crippen molar-refractivity contribution in [2.45, 2.75) is 20.0 Å². The molecule has 0 fully saturated rings. The third-order valence-electron chi connectivity index (χ3n) is 3.71. The van der Waals surface area contributed by atoms with Crippen molar-refractivity contribution in [3.05, 3.63) is 71.4 Å². The highest BCUT2D eigenvalue weighted by atomic mass is 15.0. The standard InChI is InChI=1S/C18H20N2/c1-14-6-8-15(9-7-14)13-20-11-10-16-4-3-5-17(12-19-2)18(16)20/h3-11,19H,12-13H2,1-2H3. The molecule has 102 valence electrons. The Morgan fingerprint density at radius 1 is 1.00 bits per heavy atom. The molecule has 0 saturated heterocycles. The Hall–Kier alpha value is -2.06. The molecule has 0 aliphatic rings. The Labute approximate surface area is 120 Å². The predicted octanol–water partition coefficient (Wildman–Crippen LogP) is 3.72. The van der Waals surface area contributed by atoms with Crippen molar-refractivity contribution in [1.82, 2.24) is 9.88 Å². The summed E-state index contributed by atoms with van der Waals surface area (Å²) in [5.41, 5.74) is 5.33. The van der Waals surface area contributed by atoms with E-state index in [9.17, 15) is 0 Å². The minimum atomic E-state index is 0.898. The van der Waals surface area contributed by atoms with E-state index in [1.807, 2.05) is 7.05 Å². The van der Waals surface area contributed by atoms with Crippen LogP contribution in [0.5, 0.6) is 0 Å². The Morgan fingerprint density at radius 2 is 1.80 bits per heavy atom. The van der Waals surface area contributed by atoms with Gasteiger partial charge in [0.1, 0.15) is 0 Å². The van der Waals surface area contributed by atoms with Gasteiger partial charge in [-0.05, 0) is 36.6 Å². The van der Waals surface area contributed by atoms with Crippen molar-refractivity contribution in [2.75, 3.05) is 7.05 Å². The Bertz CT molecular complexity index is 708. The fourth-order valence-electron chi connectivity index (χ4n) is 2.70. The summed E-state index contributed by atoms with van der Waals surface area (Å²) >= 11 is 0. The molecule has 2 heteroatoms. The molecule has 0 aliphatic carbocycles. The van der Waals surface area contributed by atoms with Crippen molar-refractivity contribution in [3.8, 4) is 0 Å². The second-order valence-corrected chi connectivity index (χ2v) is 5.31. The topological polar surface area (TPSA) is 17.0 Å². The first-order valence-corrected chi connectivity index (χ1v) is 7.05. The molecule has 2 nitrogen and oxygen atoms in total. The summed E-state index contributed by atoms with van der Waals surface area (Å²) in [6.45, 7) is 3.94. The van der Waals surface area contributed by atoms with Gasteiger partial charge < -0.3 is 9.88 Å². The molecule has 20 heavy (non-hydrogen) atoms. The molecule has 0 amide bonds. The fraction of sp³-hybridized carbons (Fsp3) is 0.222. The van der Waals surface area contributed by atoms with Crippen LogP contribution >= 0.6 is 0 Å². The van der Waals surface area contributed by atoms with E-state index < -0.39 is 0 Å². The zero-order chi connectivity index (χ0) is 13.9. The average molecular weight is 264 g/mol. The van der Waals surface area contributed by atoms with Crippen LogP contribution in [-0.2, 0) is 13.1 Å². The molecule has 0 atom stereocenters. The van der Waals surface area contributed by atoms with Crippen molar-refractivity contribution in [2.24, 2.45) is 0 Å². The molecule has 2 aromatic carbocycles. The molecule has 0 aliphatic heterocycles. The number of nitrogens with one attached hydrogen (secondary N) is 1. The van der Waals surface area contributed by atoms with Crippen LogP contribution in [0.1, 0.15) is 16.7 Å². The molecule has 3 rings (SSSR count). The van der Waals surface area contributed by atoms with Crippen molar-refractivity contribution >= 4 is 10.9 Å². The van der Waals surface area contributed by atoms with Gasteiger partial charge in [-0.2, -0.15) is 0 Å². The average Bonchev–Trinajstić information content (AvgIpc) is 2.86. The summed E-state index contributed by atoms with van der Waals surface area (Å²) in [6.07, 6.45) is 2.18. The SMILES string of the molecule is CNCc1cccc2ccn(Cc3ccc(C)cc3)c12. The number of fused-ring (bicyclic) bond motifs is 1. The van der Waals surface area contributed by atoms with Gasteiger partial charge in [-0.3, -0.25) is 0 Å². The van der Waals surface area contributed by atoms with Crippen LogP contribution in [0.15, 0.2) is 54.7 Å². The highest BCUT2D eigenvalue weighted by Crippen LogP contribution is 2.21. The number of rotatable bonds is 4. The molecular formula is C18H20N2. The van der Waals surface area contributed by atoms with E-state index in [2.05, 4.69) is 71.5 Å². The van der Waals surface area contributed by atoms with Crippen LogP contribution in [0.3, 0.4) is 0 Å². The van der Waals surface area contributed by atoms with E-state index in [1.54, 1.807) is 0 Å². The van der Waals surface area contributed by atoms with Gasteiger partial charge in [0, 0.05) is 19.3 Å². The molecule has 0 saturated carbocycles. The van der Waals surface area contributed by atoms with Gasteiger partial charge in [0.25, 0.3) is 0 Å². The quantitative estimate of drug-likeness (QED) is 0.760. The summed E-state index contributed by atoms with van der Waals surface area (Å²) in [6, 6.07) is 17.5. The highest BCUT2D eigenvalue weighted by Gasteiger charge is 2.06. The van der Waals surface area contributed by atoms with E-state index >= 15 is 0 Å². The molecule has 0 bridgehead atoms. The lowest BCUT2D eigenvalue weighted by Crippen LogP contribution is -2.07. The highest BCUT2D eigenvalue weighted by molar-refractivity contribution is 5.83. The van der Waals surface area contributed by atoms with Gasteiger partial charge in [0.2, 0.25) is 0 Å². The van der Waals surface area contributed by atoms with E-state index in [0.717, 1.165) is 13.1 Å². The van der Waals surface area contributed by atoms with Gasteiger partial charge in [0.15, 0.2) is 0 Å². The van der Waals surface area contributed by atoms with Crippen LogP contribution in [-0.4, -0.2) is 11.6 Å². The molecule has 1 N–H and O–H groups in total. The molecule has 1 aromatic heterocycles.